The molecule has 0 aromatic heterocycles. The van der Waals surface area contributed by atoms with Gasteiger partial charge in [0.15, 0.2) is 5.54 Å². The molecule has 21 heavy (non-hydrogen) atoms. The van der Waals surface area contributed by atoms with Crippen molar-refractivity contribution < 1.29 is 23.7 Å². The Balaban J connectivity index is 2.12. The Kier molecular flexibility index (Phi) is 4.57. The summed E-state index contributed by atoms with van der Waals surface area (Å²) in [6.45, 7) is 0.0562. The second-order valence-electron chi connectivity index (χ2n) is 5.14. The van der Waals surface area contributed by atoms with Gasteiger partial charge in [-0.3, -0.25) is 0 Å². The van der Waals surface area contributed by atoms with Gasteiger partial charge in [0, 0.05) is 18.2 Å². The minimum Gasteiger partial charge on any atom is -0.496 e. The molecule has 0 bridgehead atoms. The molecule has 1 fully saturated rings. The average molecular weight is 295 g/mol. The van der Waals surface area contributed by atoms with E-state index in [0.717, 1.165) is 12.8 Å². The third kappa shape index (κ3) is 3.39. The molecule has 2 N–H and O–H groups in total. The summed E-state index contributed by atoms with van der Waals surface area (Å²) in [6, 6.07) is 5.17. The Labute approximate surface area is 124 Å². The summed E-state index contributed by atoms with van der Waals surface area (Å²) in [5.74, 6) is 1.41. The minimum atomic E-state index is -1.11. The summed E-state index contributed by atoms with van der Waals surface area (Å²) < 4.78 is 20.8. The topological polar surface area (TPSA) is 80.0 Å². The van der Waals surface area contributed by atoms with Crippen LogP contribution in [0.2, 0.25) is 0 Å². The highest BCUT2D eigenvalue weighted by Gasteiger charge is 2.49. The lowest BCUT2D eigenvalue weighted by Gasteiger charge is -2.26. The molecule has 1 aliphatic carbocycles. The molecule has 6 nitrogen and oxygen atoms in total. The first kappa shape index (κ1) is 15.4. The van der Waals surface area contributed by atoms with E-state index in [9.17, 15) is 4.79 Å². The van der Waals surface area contributed by atoms with Crippen molar-refractivity contribution in [3.8, 4) is 17.2 Å². The molecule has 0 amide bonds. The van der Waals surface area contributed by atoms with Crippen molar-refractivity contribution in [2.75, 3.05) is 27.9 Å². The predicted octanol–water partition coefficient (Wildman–Crippen LogP) is 1.36. The van der Waals surface area contributed by atoms with Crippen LogP contribution in [0.1, 0.15) is 12.8 Å². The van der Waals surface area contributed by atoms with Gasteiger partial charge in [0.1, 0.15) is 23.9 Å². The average Bonchev–Trinajstić information content (AvgIpc) is 3.36. The maximum atomic E-state index is 11.9. The Morgan fingerprint density at radius 2 is 1.67 bits per heavy atom. The molecule has 0 spiro atoms. The van der Waals surface area contributed by atoms with Crippen molar-refractivity contribution in [2.45, 2.75) is 18.4 Å². The molecule has 1 aliphatic rings. The van der Waals surface area contributed by atoms with Crippen LogP contribution in [-0.2, 0) is 9.53 Å². The van der Waals surface area contributed by atoms with E-state index in [0.29, 0.717) is 17.2 Å². The number of nitrogens with two attached hydrogens (primary N) is 1. The summed E-state index contributed by atoms with van der Waals surface area (Å²) in [4.78, 5) is 11.9. The van der Waals surface area contributed by atoms with Crippen LogP contribution in [-0.4, -0.2) is 39.4 Å². The highest BCUT2D eigenvalue weighted by atomic mass is 16.5. The van der Waals surface area contributed by atoms with Gasteiger partial charge in [-0.25, -0.2) is 4.79 Å². The predicted molar refractivity (Wildman–Crippen MR) is 76.7 cm³/mol. The van der Waals surface area contributed by atoms with E-state index in [-0.39, 0.29) is 12.5 Å². The number of benzene rings is 1. The fraction of sp³-hybridized carbons (Fsp3) is 0.533. The fourth-order valence-corrected chi connectivity index (χ4v) is 2.20. The number of methoxy groups -OCH3 is 3. The third-order valence-electron chi connectivity index (χ3n) is 3.67. The second-order valence-corrected chi connectivity index (χ2v) is 5.14. The SMILES string of the molecule is COC(=O)C(N)(COc1cc(OC)cc(OC)c1)C1CC1. The molecule has 0 radical (unpaired) electrons. The second kappa shape index (κ2) is 6.22. The van der Waals surface area contributed by atoms with E-state index in [1.807, 2.05) is 0 Å². The molecule has 1 aromatic carbocycles. The van der Waals surface area contributed by atoms with Crippen LogP contribution >= 0.6 is 0 Å². The molecule has 0 heterocycles. The molecule has 1 atom stereocenters. The maximum absolute atomic E-state index is 11.9. The Morgan fingerprint density at radius 1 is 1.14 bits per heavy atom. The minimum absolute atomic E-state index is 0.0562. The van der Waals surface area contributed by atoms with Gasteiger partial charge in [0.25, 0.3) is 0 Å². The fourth-order valence-electron chi connectivity index (χ4n) is 2.20. The standard InChI is InChI=1S/C15H21NO5/c1-18-11-6-12(19-2)8-13(7-11)21-9-15(16,10-4-5-10)14(17)20-3/h6-8,10H,4-5,9,16H2,1-3H3. The third-order valence-corrected chi connectivity index (χ3v) is 3.67. The molecule has 0 saturated heterocycles. The lowest BCUT2D eigenvalue weighted by molar-refractivity contribution is -0.149. The molecule has 116 valence electrons. The van der Waals surface area contributed by atoms with E-state index in [4.69, 9.17) is 24.7 Å². The van der Waals surface area contributed by atoms with Gasteiger partial charge < -0.3 is 24.7 Å². The number of carbonyl (C=O) groups is 1. The van der Waals surface area contributed by atoms with Crippen LogP contribution in [0.3, 0.4) is 0 Å². The molecule has 1 unspecified atom stereocenters. The van der Waals surface area contributed by atoms with E-state index < -0.39 is 11.5 Å². The zero-order valence-corrected chi connectivity index (χ0v) is 12.5. The summed E-state index contributed by atoms with van der Waals surface area (Å²) >= 11 is 0. The number of rotatable bonds is 7. The van der Waals surface area contributed by atoms with Crippen molar-refractivity contribution in [3.63, 3.8) is 0 Å². The van der Waals surface area contributed by atoms with Gasteiger partial charge in [0.05, 0.1) is 21.3 Å². The van der Waals surface area contributed by atoms with Crippen LogP contribution in [0.15, 0.2) is 18.2 Å². The van der Waals surface area contributed by atoms with Gasteiger partial charge in [-0.2, -0.15) is 0 Å². The Hall–Kier alpha value is -1.95. The van der Waals surface area contributed by atoms with Gasteiger partial charge in [-0.1, -0.05) is 0 Å². The van der Waals surface area contributed by atoms with Crippen molar-refractivity contribution in [2.24, 2.45) is 11.7 Å². The van der Waals surface area contributed by atoms with E-state index in [1.165, 1.54) is 7.11 Å². The molecule has 1 aromatic rings. The van der Waals surface area contributed by atoms with Gasteiger partial charge in [-0.15, -0.1) is 0 Å². The molecule has 1 saturated carbocycles. The number of ether oxygens (including phenoxy) is 4. The number of hydrogen-bond donors (Lipinski definition) is 1. The van der Waals surface area contributed by atoms with Crippen LogP contribution in [0, 0.1) is 5.92 Å². The number of esters is 1. The lowest BCUT2D eigenvalue weighted by Crippen LogP contribution is -2.55. The number of carbonyl (C=O) groups excluding carboxylic acids is 1. The van der Waals surface area contributed by atoms with E-state index in [2.05, 4.69) is 0 Å². The van der Waals surface area contributed by atoms with Gasteiger partial charge >= 0.3 is 5.97 Å². The van der Waals surface area contributed by atoms with Crippen LogP contribution in [0.5, 0.6) is 17.2 Å². The molecule has 0 aliphatic heterocycles. The zero-order valence-electron chi connectivity index (χ0n) is 12.5. The monoisotopic (exact) mass is 295 g/mol. The lowest BCUT2D eigenvalue weighted by atomic mass is 9.96. The number of hydrogen-bond acceptors (Lipinski definition) is 6. The summed E-state index contributed by atoms with van der Waals surface area (Å²) in [5, 5.41) is 0. The van der Waals surface area contributed by atoms with E-state index >= 15 is 0 Å². The van der Waals surface area contributed by atoms with Crippen molar-refractivity contribution >= 4 is 5.97 Å². The van der Waals surface area contributed by atoms with Crippen LogP contribution in [0.4, 0.5) is 0 Å². The van der Waals surface area contributed by atoms with Crippen molar-refractivity contribution in [1.82, 2.24) is 0 Å². The molecular formula is C15H21NO5. The summed E-state index contributed by atoms with van der Waals surface area (Å²) in [7, 11) is 4.45. The maximum Gasteiger partial charge on any atom is 0.329 e. The highest BCUT2D eigenvalue weighted by Crippen LogP contribution is 2.39. The van der Waals surface area contributed by atoms with Crippen LogP contribution < -0.4 is 19.9 Å². The van der Waals surface area contributed by atoms with Crippen molar-refractivity contribution in [1.29, 1.82) is 0 Å². The first-order valence-electron chi connectivity index (χ1n) is 6.76. The molecule has 6 heteroatoms. The quantitative estimate of drug-likeness (QED) is 0.765. The highest BCUT2D eigenvalue weighted by molar-refractivity contribution is 5.81. The normalized spacial score (nSPS) is 16.8. The Bertz CT molecular complexity index is 493. The van der Waals surface area contributed by atoms with Gasteiger partial charge in [-0.05, 0) is 18.8 Å². The van der Waals surface area contributed by atoms with Crippen molar-refractivity contribution in [3.05, 3.63) is 18.2 Å². The van der Waals surface area contributed by atoms with Gasteiger partial charge in [0.2, 0.25) is 0 Å². The zero-order chi connectivity index (χ0) is 15.5. The smallest absolute Gasteiger partial charge is 0.329 e. The van der Waals surface area contributed by atoms with E-state index in [1.54, 1.807) is 32.4 Å². The van der Waals surface area contributed by atoms with Crippen LogP contribution in [0.25, 0.3) is 0 Å². The largest absolute Gasteiger partial charge is 0.496 e. The Morgan fingerprint density at radius 3 is 2.10 bits per heavy atom. The first-order valence-corrected chi connectivity index (χ1v) is 6.76. The first-order chi connectivity index (χ1) is 10.0. The summed E-state index contributed by atoms with van der Waals surface area (Å²) in [6.07, 6.45) is 1.83. The summed E-state index contributed by atoms with van der Waals surface area (Å²) in [5.41, 5.74) is 5.08. The molecular weight excluding hydrogens is 274 g/mol. The molecule has 2 rings (SSSR count).